The number of fused-ring (bicyclic) bond motifs is 2. The molecule has 2 atom stereocenters. The van der Waals surface area contributed by atoms with E-state index in [0.717, 1.165) is 24.2 Å². The van der Waals surface area contributed by atoms with E-state index in [-0.39, 0.29) is 11.9 Å². The van der Waals surface area contributed by atoms with Crippen LogP contribution in [0.4, 0.5) is 11.6 Å². The number of rotatable bonds is 4. The molecule has 5 rings (SSSR count). The highest BCUT2D eigenvalue weighted by molar-refractivity contribution is 6.13. The lowest BCUT2D eigenvalue weighted by atomic mass is 10.0. The topological polar surface area (TPSA) is 110 Å². The Morgan fingerprint density at radius 2 is 1.97 bits per heavy atom. The van der Waals surface area contributed by atoms with Crippen LogP contribution in [-0.2, 0) is 0 Å². The lowest BCUT2D eigenvalue weighted by Gasteiger charge is -2.38. The van der Waals surface area contributed by atoms with E-state index in [1.54, 1.807) is 22.9 Å². The van der Waals surface area contributed by atoms with E-state index in [9.17, 15) is 4.79 Å². The largest absolute Gasteiger partial charge is 0.467 e. The minimum Gasteiger partial charge on any atom is -0.467 e. The fourth-order valence-electron chi connectivity index (χ4n) is 4.27. The van der Waals surface area contributed by atoms with Gasteiger partial charge in [0.1, 0.15) is 0 Å². The van der Waals surface area contributed by atoms with Crippen LogP contribution < -0.4 is 20.3 Å². The number of methoxy groups -OCH3 is 1. The Kier molecular flexibility index (Phi) is 5.06. The molecule has 3 aromatic heterocycles. The number of aromatic nitrogens is 5. The number of benzene rings is 1. The zero-order chi connectivity index (χ0) is 22.2. The van der Waals surface area contributed by atoms with E-state index >= 15 is 0 Å². The minimum atomic E-state index is -0.331. The summed E-state index contributed by atoms with van der Waals surface area (Å²) < 4.78 is 6.95. The Bertz CT molecular complexity index is 1290. The molecule has 164 valence electrons. The Hall–Kier alpha value is -3.79. The molecule has 1 aliphatic rings. The molecule has 1 aromatic carbocycles. The molecule has 10 nitrogen and oxygen atoms in total. The number of ether oxygens (including phenoxy) is 1. The molecule has 1 amide bonds. The summed E-state index contributed by atoms with van der Waals surface area (Å²) in [6.07, 6.45) is 3.52. The van der Waals surface area contributed by atoms with Crippen LogP contribution in [0.15, 0.2) is 42.7 Å². The summed E-state index contributed by atoms with van der Waals surface area (Å²) in [7, 11) is 1.51. The molecule has 1 fully saturated rings. The van der Waals surface area contributed by atoms with Gasteiger partial charge >= 0.3 is 6.01 Å². The number of pyridine rings is 1. The van der Waals surface area contributed by atoms with Crippen LogP contribution in [-0.4, -0.2) is 62.8 Å². The number of amides is 1. The van der Waals surface area contributed by atoms with Gasteiger partial charge in [0.05, 0.1) is 18.2 Å². The Labute approximate surface area is 184 Å². The zero-order valence-corrected chi connectivity index (χ0v) is 18.1. The molecule has 0 bridgehead atoms. The Morgan fingerprint density at radius 3 is 2.75 bits per heavy atom. The van der Waals surface area contributed by atoms with Crippen molar-refractivity contribution in [3.63, 3.8) is 0 Å². The van der Waals surface area contributed by atoms with Gasteiger partial charge in [0.2, 0.25) is 5.95 Å². The van der Waals surface area contributed by atoms with Gasteiger partial charge in [-0.3, -0.25) is 14.5 Å². The summed E-state index contributed by atoms with van der Waals surface area (Å²) in [5.74, 6) is 0.0103. The maximum absolute atomic E-state index is 13.2. The monoisotopic (exact) mass is 432 g/mol. The van der Waals surface area contributed by atoms with E-state index in [4.69, 9.17) is 4.74 Å². The highest BCUT2D eigenvalue weighted by Gasteiger charge is 2.25. The predicted molar refractivity (Wildman–Crippen MR) is 121 cm³/mol. The van der Waals surface area contributed by atoms with E-state index in [1.807, 2.05) is 24.3 Å². The standard InChI is InChI=1S/C22H24N8O2/c1-13-11-29(12-14(2)24-13)17-8-7-15(19-16(17)10-23-22(25-19)32-3)20(31)26-21-28-27-18-6-4-5-9-30(18)21/h4-10,13-14,24H,11-12H2,1-3H3,(H,26,28,31)/t13-,14-/m1/s1. The lowest BCUT2D eigenvalue weighted by molar-refractivity contribution is 0.102. The van der Waals surface area contributed by atoms with Crippen LogP contribution in [0.5, 0.6) is 6.01 Å². The van der Waals surface area contributed by atoms with Gasteiger partial charge in [0.15, 0.2) is 5.65 Å². The smallest absolute Gasteiger partial charge is 0.316 e. The molecule has 0 aliphatic carbocycles. The lowest BCUT2D eigenvalue weighted by Crippen LogP contribution is -2.54. The van der Waals surface area contributed by atoms with Gasteiger partial charge in [-0.1, -0.05) is 6.07 Å². The van der Waals surface area contributed by atoms with Gasteiger partial charge < -0.3 is 15.0 Å². The molecule has 2 N–H and O–H groups in total. The number of nitrogens with zero attached hydrogens (tertiary/aromatic N) is 6. The molecule has 0 saturated carbocycles. The number of piperazine rings is 1. The van der Waals surface area contributed by atoms with Gasteiger partial charge in [0.25, 0.3) is 5.91 Å². The molecule has 32 heavy (non-hydrogen) atoms. The van der Waals surface area contributed by atoms with Gasteiger partial charge in [0, 0.05) is 48.6 Å². The summed E-state index contributed by atoms with van der Waals surface area (Å²) in [4.78, 5) is 24.4. The normalized spacial score (nSPS) is 18.8. The first-order valence-electron chi connectivity index (χ1n) is 10.5. The van der Waals surface area contributed by atoms with Crippen LogP contribution in [0.2, 0.25) is 0 Å². The third-order valence-electron chi connectivity index (χ3n) is 5.57. The predicted octanol–water partition coefficient (Wildman–Crippen LogP) is 2.12. The number of anilines is 2. The van der Waals surface area contributed by atoms with Crippen molar-refractivity contribution >= 4 is 34.1 Å². The summed E-state index contributed by atoms with van der Waals surface area (Å²) in [5, 5.41) is 15.4. The first kappa shape index (κ1) is 20.1. The van der Waals surface area contributed by atoms with Crippen molar-refractivity contribution in [2.45, 2.75) is 25.9 Å². The molecule has 4 aromatic rings. The number of carbonyl (C=O) groups excluding carboxylic acids is 1. The van der Waals surface area contributed by atoms with Crippen LogP contribution in [0.25, 0.3) is 16.6 Å². The van der Waals surface area contributed by atoms with Crippen molar-refractivity contribution < 1.29 is 9.53 Å². The third-order valence-corrected chi connectivity index (χ3v) is 5.57. The van der Waals surface area contributed by atoms with E-state index < -0.39 is 0 Å². The van der Waals surface area contributed by atoms with Gasteiger partial charge in [-0.25, -0.2) is 4.98 Å². The SMILES string of the molecule is COc1ncc2c(N3C[C@@H](C)N[C@H](C)C3)ccc(C(=O)Nc3nnc4ccccn34)c2n1. The van der Waals surface area contributed by atoms with Gasteiger partial charge in [-0.15, -0.1) is 10.2 Å². The van der Waals surface area contributed by atoms with E-state index in [2.05, 4.69) is 49.5 Å². The molecule has 4 heterocycles. The number of nitrogens with one attached hydrogen (secondary N) is 2. The highest BCUT2D eigenvalue weighted by atomic mass is 16.5. The van der Waals surface area contributed by atoms with Gasteiger partial charge in [-0.2, -0.15) is 4.98 Å². The number of carbonyl (C=O) groups is 1. The van der Waals surface area contributed by atoms with Crippen molar-refractivity contribution in [3.05, 3.63) is 48.3 Å². The number of hydrogen-bond acceptors (Lipinski definition) is 8. The summed E-state index contributed by atoms with van der Waals surface area (Å²) in [6, 6.07) is 10.2. The van der Waals surface area contributed by atoms with Crippen molar-refractivity contribution in [2.75, 3.05) is 30.4 Å². The van der Waals surface area contributed by atoms with Crippen LogP contribution in [0.3, 0.4) is 0 Å². The average molecular weight is 432 g/mol. The maximum Gasteiger partial charge on any atom is 0.316 e. The fraction of sp³-hybridized carbons (Fsp3) is 0.318. The van der Waals surface area contributed by atoms with Gasteiger partial charge in [-0.05, 0) is 38.1 Å². The summed E-state index contributed by atoms with van der Waals surface area (Å²) >= 11 is 0. The fourth-order valence-corrected chi connectivity index (χ4v) is 4.27. The Morgan fingerprint density at radius 1 is 1.16 bits per heavy atom. The second-order valence-corrected chi connectivity index (χ2v) is 8.03. The number of hydrogen-bond donors (Lipinski definition) is 2. The van der Waals surface area contributed by atoms with Crippen molar-refractivity contribution in [1.82, 2.24) is 29.9 Å². The van der Waals surface area contributed by atoms with Crippen molar-refractivity contribution in [1.29, 1.82) is 0 Å². The molecule has 1 saturated heterocycles. The molecule has 0 unspecified atom stereocenters. The van der Waals surface area contributed by atoms with E-state index in [1.165, 1.54) is 7.11 Å². The Balaban J connectivity index is 1.56. The molecule has 0 spiro atoms. The maximum atomic E-state index is 13.2. The first-order chi connectivity index (χ1) is 15.5. The second kappa shape index (κ2) is 8.04. The quantitative estimate of drug-likeness (QED) is 0.505. The first-order valence-corrected chi connectivity index (χ1v) is 10.5. The summed E-state index contributed by atoms with van der Waals surface area (Å²) in [6.45, 7) is 6.02. The average Bonchev–Trinajstić information content (AvgIpc) is 3.20. The van der Waals surface area contributed by atoms with Crippen molar-refractivity contribution in [3.8, 4) is 6.01 Å². The second-order valence-electron chi connectivity index (χ2n) is 8.03. The van der Waals surface area contributed by atoms with Crippen LogP contribution in [0, 0.1) is 0 Å². The molecule has 10 heteroatoms. The van der Waals surface area contributed by atoms with Crippen LogP contribution >= 0.6 is 0 Å². The van der Waals surface area contributed by atoms with Crippen molar-refractivity contribution in [2.24, 2.45) is 0 Å². The highest BCUT2D eigenvalue weighted by Crippen LogP contribution is 2.31. The molecule has 1 aliphatic heterocycles. The van der Waals surface area contributed by atoms with Crippen LogP contribution in [0.1, 0.15) is 24.2 Å². The minimum absolute atomic E-state index is 0.207. The third kappa shape index (κ3) is 3.58. The zero-order valence-electron chi connectivity index (χ0n) is 18.1. The molecular formula is C22H24N8O2. The molecular weight excluding hydrogens is 408 g/mol. The molecule has 0 radical (unpaired) electrons. The van der Waals surface area contributed by atoms with E-state index in [0.29, 0.717) is 34.8 Å². The summed E-state index contributed by atoms with van der Waals surface area (Å²) in [5.41, 5.74) is 2.58.